The summed E-state index contributed by atoms with van der Waals surface area (Å²) in [6.45, 7) is 0. The number of thiophene rings is 1. The molecular weight excluding hydrogens is 208 g/mol. The van der Waals surface area contributed by atoms with Gasteiger partial charge in [-0.05, 0) is 17.5 Å². The molecule has 0 aliphatic rings. The van der Waals surface area contributed by atoms with Gasteiger partial charge in [-0.1, -0.05) is 0 Å². The number of halogens is 2. The molecular formula is C9H7F2NOS. The van der Waals surface area contributed by atoms with Crippen LogP contribution in [0.1, 0.15) is 11.3 Å². The topological polar surface area (TPSA) is 46.2 Å². The number of phenolic OH excluding ortho intramolecular Hbond substituents is 1. The molecule has 2 aromatic rings. The number of rotatable bonds is 1. The van der Waals surface area contributed by atoms with E-state index in [4.69, 9.17) is 5.73 Å². The lowest BCUT2D eigenvalue weighted by Crippen LogP contribution is -1.82. The van der Waals surface area contributed by atoms with Crippen molar-refractivity contribution in [1.82, 2.24) is 0 Å². The van der Waals surface area contributed by atoms with Crippen molar-refractivity contribution >= 4 is 27.1 Å². The van der Waals surface area contributed by atoms with E-state index in [0.717, 1.165) is 11.3 Å². The smallest absolute Gasteiger partial charge is 0.272 e. The van der Waals surface area contributed by atoms with Gasteiger partial charge >= 0.3 is 0 Å². The van der Waals surface area contributed by atoms with Crippen LogP contribution in [0.5, 0.6) is 5.75 Å². The molecule has 5 heteroatoms. The molecule has 2 nitrogen and oxygen atoms in total. The van der Waals surface area contributed by atoms with E-state index in [9.17, 15) is 13.9 Å². The van der Waals surface area contributed by atoms with Crippen LogP contribution < -0.4 is 5.73 Å². The van der Waals surface area contributed by atoms with E-state index in [1.165, 1.54) is 12.1 Å². The molecule has 0 aliphatic heterocycles. The molecule has 0 atom stereocenters. The molecule has 0 saturated heterocycles. The molecule has 14 heavy (non-hydrogen) atoms. The maximum atomic E-state index is 12.3. The fraction of sp³-hybridized carbons (Fsp3) is 0.111. The number of phenols is 1. The first-order chi connectivity index (χ1) is 6.58. The lowest BCUT2D eigenvalue weighted by Gasteiger charge is -1.96. The van der Waals surface area contributed by atoms with Crippen LogP contribution in [0, 0.1) is 0 Å². The third-order valence-corrected chi connectivity index (χ3v) is 3.03. The highest BCUT2D eigenvalue weighted by Crippen LogP contribution is 2.38. The van der Waals surface area contributed by atoms with Crippen LogP contribution in [0.15, 0.2) is 18.2 Å². The number of alkyl halides is 2. The lowest BCUT2D eigenvalue weighted by atomic mass is 10.2. The fourth-order valence-electron chi connectivity index (χ4n) is 1.28. The van der Waals surface area contributed by atoms with Crippen LogP contribution in [-0.4, -0.2) is 5.11 Å². The number of nitrogens with two attached hydrogens (primary N) is 1. The van der Waals surface area contributed by atoms with Crippen molar-refractivity contribution < 1.29 is 13.9 Å². The number of nitrogen functional groups attached to an aromatic ring is 1. The SMILES string of the molecule is Nc1cc(O)c2sc(C(F)F)cc2c1. The third kappa shape index (κ3) is 1.39. The van der Waals surface area contributed by atoms with Gasteiger partial charge in [-0.15, -0.1) is 11.3 Å². The summed E-state index contributed by atoms with van der Waals surface area (Å²) in [5.74, 6) is -0.0445. The Morgan fingerprint density at radius 1 is 1.29 bits per heavy atom. The van der Waals surface area contributed by atoms with Gasteiger partial charge in [0.1, 0.15) is 5.75 Å². The Kier molecular flexibility index (Phi) is 2.03. The number of hydrogen-bond acceptors (Lipinski definition) is 3. The summed E-state index contributed by atoms with van der Waals surface area (Å²) in [7, 11) is 0. The van der Waals surface area contributed by atoms with Crippen LogP contribution in [0.25, 0.3) is 10.1 Å². The average Bonchev–Trinajstić information content (AvgIpc) is 2.47. The molecule has 0 fully saturated rings. The van der Waals surface area contributed by atoms with Crippen LogP contribution in [0.3, 0.4) is 0 Å². The van der Waals surface area contributed by atoms with E-state index in [1.807, 2.05) is 0 Å². The van der Waals surface area contributed by atoms with Gasteiger partial charge in [0.2, 0.25) is 0 Å². The Bertz CT molecular complexity index is 481. The first-order valence-corrected chi connectivity index (χ1v) is 4.69. The molecule has 0 bridgehead atoms. The van der Waals surface area contributed by atoms with Crippen molar-refractivity contribution in [2.45, 2.75) is 6.43 Å². The summed E-state index contributed by atoms with van der Waals surface area (Å²) in [6, 6.07) is 4.27. The molecule has 74 valence electrons. The number of benzene rings is 1. The number of fused-ring (bicyclic) bond motifs is 1. The van der Waals surface area contributed by atoms with Crippen LogP contribution in [0.4, 0.5) is 14.5 Å². The van der Waals surface area contributed by atoms with E-state index >= 15 is 0 Å². The van der Waals surface area contributed by atoms with Crippen molar-refractivity contribution in [2.24, 2.45) is 0 Å². The molecule has 0 saturated carbocycles. The second-order valence-electron chi connectivity index (χ2n) is 2.91. The van der Waals surface area contributed by atoms with E-state index in [0.29, 0.717) is 15.8 Å². The molecule has 3 N–H and O–H groups in total. The van der Waals surface area contributed by atoms with Gasteiger partial charge in [0.25, 0.3) is 6.43 Å². The van der Waals surface area contributed by atoms with Crippen molar-refractivity contribution in [3.63, 3.8) is 0 Å². The highest BCUT2D eigenvalue weighted by molar-refractivity contribution is 7.19. The zero-order chi connectivity index (χ0) is 10.3. The Hall–Kier alpha value is -1.36. The maximum Gasteiger partial charge on any atom is 0.272 e. The van der Waals surface area contributed by atoms with Gasteiger partial charge < -0.3 is 10.8 Å². The van der Waals surface area contributed by atoms with Crippen molar-refractivity contribution in [2.75, 3.05) is 5.73 Å². The van der Waals surface area contributed by atoms with Gasteiger partial charge in [-0.25, -0.2) is 8.78 Å². The Morgan fingerprint density at radius 2 is 2.00 bits per heavy atom. The minimum atomic E-state index is -2.51. The van der Waals surface area contributed by atoms with Crippen LogP contribution >= 0.6 is 11.3 Å². The van der Waals surface area contributed by atoms with Crippen molar-refractivity contribution in [3.8, 4) is 5.75 Å². The normalized spacial score (nSPS) is 11.4. The lowest BCUT2D eigenvalue weighted by molar-refractivity contribution is 0.156. The molecule has 1 aromatic carbocycles. The minimum Gasteiger partial charge on any atom is -0.506 e. The maximum absolute atomic E-state index is 12.3. The average molecular weight is 215 g/mol. The van der Waals surface area contributed by atoms with Gasteiger partial charge in [0.05, 0.1) is 9.58 Å². The van der Waals surface area contributed by atoms with Gasteiger partial charge in [0.15, 0.2) is 0 Å². The van der Waals surface area contributed by atoms with E-state index < -0.39 is 6.43 Å². The molecule has 1 aromatic heterocycles. The minimum absolute atomic E-state index is 0.0445. The summed E-state index contributed by atoms with van der Waals surface area (Å²) < 4.78 is 25.1. The highest BCUT2D eigenvalue weighted by Gasteiger charge is 2.13. The van der Waals surface area contributed by atoms with E-state index in [1.54, 1.807) is 6.07 Å². The zero-order valence-corrected chi connectivity index (χ0v) is 7.81. The third-order valence-electron chi connectivity index (χ3n) is 1.85. The molecule has 0 aliphatic carbocycles. The first-order valence-electron chi connectivity index (χ1n) is 3.88. The van der Waals surface area contributed by atoms with Crippen molar-refractivity contribution in [1.29, 1.82) is 0 Å². The quantitative estimate of drug-likeness (QED) is 0.718. The van der Waals surface area contributed by atoms with Gasteiger partial charge in [-0.2, -0.15) is 0 Å². The summed E-state index contributed by atoms with van der Waals surface area (Å²) in [5, 5.41) is 9.99. The highest BCUT2D eigenvalue weighted by atomic mass is 32.1. The zero-order valence-electron chi connectivity index (χ0n) is 7.00. The molecule has 0 unspecified atom stereocenters. The van der Waals surface area contributed by atoms with Crippen molar-refractivity contribution in [3.05, 3.63) is 23.1 Å². The Labute approximate surface area is 82.6 Å². The van der Waals surface area contributed by atoms with E-state index in [2.05, 4.69) is 0 Å². The molecule has 0 radical (unpaired) electrons. The van der Waals surface area contributed by atoms with Gasteiger partial charge in [-0.3, -0.25) is 0 Å². The molecule has 2 rings (SSSR count). The van der Waals surface area contributed by atoms with Crippen LogP contribution in [0.2, 0.25) is 0 Å². The fourth-order valence-corrected chi connectivity index (χ4v) is 2.19. The first kappa shape index (κ1) is 9.21. The Morgan fingerprint density at radius 3 is 2.64 bits per heavy atom. The summed E-state index contributed by atoms with van der Waals surface area (Å²) in [5.41, 5.74) is 5.84. The standard InChI is InChI=1S/C9H7F2NOS/c10-9(11)7-2-4-1-5(12)3-6(13)8(4)14-7/h1-3,9,13H,12H2. The summed E-state index contributed by atoms with van der Waals surface area (Å²) >= 11 is 0.885. The van der Waals surface area contributed by atoms with E-state index in [-0.39, 0.29) is 10.6 Å². The Balaban J connectivity index is 2.70. The molecule has 0 amide bonds. The number of aromatic hydroxyl groups is 1. The van der Waals surface area contributed by atoms with Gasteiger partial charge in [0, 0.05) is 11.8 Å². The monoisotopic (exact) mass is 215 g/mol. The number of hydrogen-bond donors (Lipinski definition) is 2. The molecule has 0 spiro atoms. The van der Waals surface area contributed by atoms with Crippen LogP contribution in [-0.2, 0) is 0 Å². The second kappa shape index (κ2) is 3.09. The predicted molar refractivity (Wildman–Crippen MR) is 52.9 cm³/mol. The summed E-state index contributed by atoms with van der Waals surface area (Å²) in [6.07, 6.45) is -2.51. The second-order valence-corrected chi connectivity index (χ2v) is 3.99. The largest absolute Gasteiger partial charge is 0.506 e. The molecule has 1 heterocycles. The predicted octanol–water partition coefficient (Wildman–Crippen LogP) is 3.13. The summed E-state index contributed by atoms with van der Waals surface area (Å²) in [4.78, 5) is -0.0547. The number of anilines is 1.